The summed E-state index contributed by atoms with van der Waals surface area (Å²) in [7, 11) is 0. The van der Waals surface area contributed by atoms with Gasteiger partial charge < -0.3 is 4.74 Å². The number of ether oxygens (including phenoxy) is 1. The van der Waals surface area contributed by atoms with Gasteiger partial charge in [0.25, 0.3) is 5.91 Å². The molecule has 0 bridgehead atoms. The van der Waals surface area contributed by atoms with E-state index in [4.69, 9.17) is 9.73 Å². The van der Waals surface area contributed by atoms with Gasteiger partial charge in [-0.05, 0) is 61.0 Å². The van der Waals surface area contributed by atoms with Gasteiger partial charge in [0.05, 0.1) is 10.6 Å². The van der Waals surface area contributed by atoms with Crippen molar-refractivity contribution < 1.29 is 9.53 Å². The molecule has 1 aliphatic heterocycles. The van der Waals surface area contributed by atoms with Gasteiger partial charge in [-0.1, -0.05) is 55.8 Å². The van der Waals surface area contributed by atoms with Crippen molar-refractivity contribution in [3.05, 3.63) is 77.2 Å². The first-order chi connectivity index (χ1) is 14.1. The Kier molecular flexibility index (Phi) is 7.30. The van der Waals surface area contributed by atoms with Crippen molar-refractivity contribution in [2.75, 3.05) is 13.2 Å². The third-order valence-electron chi connectivity index (χ3n) is 4.43. The second-order valence-corrected chi connectivity index (χ2v) is 7.83. The van der Waals surface area contributed by atoms with E-state index in [1.54, 1.807) is 11.0 Å². The van der Waals surface area contributed by atoms with Crippen molar-refractivity contribution >= 4 is 34.6 Å². The number of carbonyl (C=O) groups excluding carboxylic acids is 1. The zero-order chi connectivity index (χ0) is 20.6. The number of hydrogen-bond donors (Lipinski definition) is 0. The van der Waals surface area contributed by atoms with Gasteiger partial charge in [0.15, 0.2) is 5.17 Å². The number of amidine groups is 1. The third-order valence-corrected chi connectivity index (χ3v) is 5.43. The molecule has 0 unspecified atom stereocenters. The molecule has 0 aliphatic carbocycles. The maximum Gasteiger partial charge on any atom is 0.266 e. The number of rotatable bonds is 8. The lowest BCUT2D eigenvalue weighted by Crippen LogP contribution is -2.30. The van der Waals surface area contributed by atoms with Crippen LogP contribution in [0.5, 0.6) is 5.75 Å². The molecule has 5 heteroatoms. The lowest BCUT2D eigenvalue weighted by molar-refractivity contribution is -0.122. The largest absolute Gasteiger partial charge is 0.490 e. The molecular formula is C24H26N2O2S. The highest BCUT2D eigenvalue weighted by Gasteiger charge is 2.32. The van der Waals surface area contributed by atoms with Crippen LogP contribution in [-0.4, -0.2) is 29.1 Å². The smallest absolute Gasteiger partial charge is 0.266 e. The highest BCUT2D eigenvalue weighted by molar-refractivity contribution is 8.18. The van der Waals surface area contributed by atoms with Gasteiger partial charge in [0.1, 0.15) is 12.4 Å². The average Bonchev–Trinajstić information content (AvgIpc) is 3.01. The fourth-order valence-corrected chi connectivity index (χ4v) is 3.83. The minimum Gasteiger partial charge on any atom is -0.490 e. The van der Waals surface area contributed by atoms with Crippen LogP contribution >= 0.6 is 11.8 Å². The second kappa shape index (κ2) is 10.1. The summed E-state index contributed by atoms with van der Waals surface area (Å²) in [6.45, 7) is 8.97. The van der Waals surface area contributed by atoms with Crippen LogP contribution in [0.1, 0.15) is 30.9 Å². The number of amides is 1. The number of hydrogen-bond acceptors (Lipinski definition) is 4. The van der Waals surface area contributed by atoms with E-state index < -0.39 is 0 Å². The second-order valence-electron chi connectivity index (χ2n) is 6.82. The Balaban J connectivity index is 1.84. The van der Waals surface area contributed by atoms with Crippen molar-refractivity contribution in [1.29, 1.82) is 0 Å². The molecular weight excluding hydrogens is 380 g/mol. The molecule has 0 atom stereocenters. The van der Waals surface area contributed by atoms with Crippen molar-refractivity contribution in [2.24, 2.45) is 4.99 Å². The first kappa shape index (κ1) is 20.9. The minimum atomic E-state index is 0.0151. The quantitative estimate of drug-likeness (QED) is 0.401. The maximum atomic E-state index is 13.0. The molecule has 0 radical (unpaired) electrons. The first-order valence-corrected chi connectivity index (χ1v) is 10.6. The van der Waals surface area contributed by atoms with Crippen LogP contribution in [-0.2, 0) is 4.79 Å². The first-order valence-electron chi connectivity index (χ1n) is 9.81. The molecule has 29 heavy (non-hydrogen) atoms. The standard InChI is InChI=1S/C24H26N2O2S/c1-4-6-15-26-23(27)22(17-19-9-13-21(14-10-19)28-16-5-2)29-24(26)25-20-11-7-18(3)8-12-20/h5,7-14,17H,2,4,6,15-16H2,1,3H3/b22-17+,25-24?. The lowest BCUT2D eigenvalue weighted by atomic mass is 10.2. The molecule has 4 nitrogen and oxygen atoms in total. The Morgan fingerprint density at radius 1 is 1.14 bits per heavy atom. The molecule has 0 N–H and O–H groups in total. The van der Waals surface area contributed by atoms with E-state index >= 15 is 0 Å². The zero-order valence-electron chi connectivity index (χ0n) is 16.9. The molecule has 2 aromatic carbocycles. The van der Waals surface area contributed by atoms with Crippen molar-refractivity contribution in [2.45, 2.75) is 26.7 Å². The van der Waals surface area contributed by atoms with E-state index in [0.717, 1.165) is 35.0 Å². The van der Waals surface area contributed by atoms with Gasteiger partial charge in [-0.3, -0.25) is 9.69 Å². The molecule has 2 aromatic rings. The number of aryl methyl sites for hydroxylation is 1. The molecule has 0 aromatic heterocycles. The van der Waals surface area contributed by atoms with Crippen LogP contribution in [0.3, 0.4) is 0 Å². The van der Waals surface area contributed by atoms with Crippen LogP contribution in [0.15, 0.2) is 71.1 Å². The van der Waals surface area contributed by atoms with Crippen molar-refractivity contribution in [3.63, 3.8) is 0 Å². The summed E-state index contributed by atoms with van der Waals surface area (Å²) >= 11 is 1.43. The monoisotopic (exact) mass is 406 g/mol. The Morgan fingerprint density at radius 2 is 1.86 bits per heavy atom. The Morgan fingerprint density at radius 3 is 2.52 bits per heavy atom. The van der Waals surface area contributed by atoms with E-state index in [0.29, 0.717) is 18.1 Å². The number of nitrogens with zero attached hydrogens (tertiary/aromatic N) is 2. The van der Waals surface area contributed by atoms with Gasteiger partial charge in [-0.15, -0.1) is 0 Å². The number of aliphatic imine (C=N–C) groups is 1. The highest BCUT2D eigenvalue weighted by Crippen LogP contribution is 2.34. The van der Waals surface area contributed by atoms with E-state index in [1.807, 2.05) is 61.5 Å². The van der Waals surface area contributed by atoms with Gasteiger partial charge in [0, 0.05) is 6.54 Å². The summed E-state index contributed by atoms with van der Waals surface area (Å²) < 4.78 is 5.52. The molecule has 0 saturated carbocycles. The van der Waals surface area contributed by atoms with Crippen LogP contribution in [0.4, 0.5) is 5.69 Å². The molecule has 150 valence electrons. The summed E-state index contributed by atoms with van der Waals surface area (Å²) in [6, 6.07) is 15.7. The van der Waals surface area contributed by atoms with Crippen LogP contribution < -0.4 is 4.74 Å². The predicted octanol–water partition coefficient (Wildman–Crippen LogP) is 5.96. The fraction of sp³-hybridized carbons (Fsp3) is 0.250. The van der Waals surface area contributed by atoms with Gasteiger partial charge in [-0.2, -0.15) is 0 Å². The van der Waals surface area contributed by atoms with Crippen LogP contribution in [0.2, 0.25) is 0 Å². The Hall–Kier alpha value is -2.79. The predicted molar refractivity (Wildman–Crippen MR) is 123 cm³/mol. The number of unbranched alkanes of at least 4 members (excludes halogenated alkanes) is 1. The highest BCUT2D eigenvalue weighted by atomic mass is 32.2. The molecule has 0 spiro atoms. The average molecular weight is 407 g/mol. The zero-order valence-corrected chi connectivity index (χ0v) is 17.7. The third kappa shape index (κ3) is 5.61. The fourth-order valence-electron chi connectivity index (χ4n) is 2.80. The molecule has 1 aliphatic rings. The number of benzene rings is 2. The molecule has 3 rings (SSSR count). The number of thioether (sulfide) groups is 1. The Labute approximate surface area is 177 Å². The van der Waals surface area contributed by atoms with E-state index in [-0.39, 0.29) is 5.91 Å². The maximum absolute atomic E-state index is 13.0. The summed E-state index contributed by atoms with van der Waals surface area (Å²) in [5.74, 6) is 0.796. The SMILES string of the molecule is C=CCOc1ccc(/C=C2/SC(=Nc3ccc(C)cc3)N(CCCC)C2=O)cc1. The van der Waals surface area contributed by atoms with Crippen LogP contribution in [0, 0.1) is 6.92 Å². The van der Waals surface area contributed by atoms with Gasteiger partial charge in [-0.25, -0.2) is 4.99 Å². The summed E-state index contributed by atoms with van der Waals surface area (Å²) in [5.41, 5.74) is 3.00. The van der Waals surface area contributed by atoms with E-state index in [2.05, 4.69) is 13.5 Å². The Bertz CT molecular complexity index is 915. The summed E-state index contributed by atoms with van der Waals surface area (Å²) in [5, 5.41) is 0.740. The summed E-state index contributed by atoms with van der Waals surface area (Å²) in [4.78, 5) is 20.2. The van der Waals surface area contributed by atoms with E-state index in [9.17, 15) is 4.79 Å². The van der Waals surface area contributed by atoms with E-state index in [1.165, 1.54) is 17.3 Å². The molecule has 1 saturated heterocycles. The van der Waals surface area contributed by atoms with Crippen molar-refractivity contribution in [3.8, 4) is 5.75 Å². The molecule has 1 fully saturated rings. The molecule has 1 amide bonds. The topological polar surface area (TPSA) is 41.9 Å². The molecule has 1 heterocycles. The summed E-state index contributed by atoms with van der Waals surface area (Å²) in [6.07, 6.45) is 5.60. The normalized spacial score (nSPS) is 16.6. The van der Waals surface area contributed by atoms with Crippen molar-refractivity contribution in [1.82, 2.24) is 4.90 Å². The lowest BCUT2D eigenvalue weighted by Gasteiger charge is -2.14. The van der Waals surface area contributed by atoms with Gasteiger partial charge >= 0.3 is 0 Å². The van der Waals surface area contributed by atoms with Crippen LogP contribution in [0.25, 0.3) is 6.08 Å². The van der Waals surface area contributed by atoms with Gasteiger partial charge in [0.2, 0.25) is 0 Å². The minimum absolute atomic E-state index is 0.0151. The number of carbonyl (C=O) groups is 1.